The van der Waals surface area contributed by atoms with Gasteiger partial charge in [-0.3, -0.25) is 5.41 Å². The lowest BCUT2D eigenvalue weighted by Crippen LogP contribution is -2.13. The summed E-state index contributed by atoms with van der Waals surface area (Å²) >= 11 is 3.52. The van der Waals surface area contributed by atoms with E-state index in [1.165, 1.54) is 0 Å². The van der Waals surface area contributed by atoms with Crippen molar-refractivity contribution in [3.8, 4) is 11.1 Å². The number of nitrogens with one attached hydrogen (secondary N) is 1. The summed E-state index contributed by atoms with van der Waals surface area (Å²) in [5.41, 5.74) is 8.83. The Bertz CT molecular complexity index is 535. The first-order valence-corrected chi connectivity index (χ1v) is 6.13. The summed E-state index contributed by atoms with van der Waals surface area (Å²) < 4.78 is 0.994. The minimum Gasteiger partial charge on any atom is -0.387 e. The molecule has 0 aliphatic heterocycles. The molecule has 0 saturated carbocycles. The molecule has 0 amide bonds. The molecule has 86 valence electrons. The van der Waals surface area contributed by atoms with E-state index in [1.807, 2.05) is 30.3 Å². The van der Waals surface area contributed by atoms with Crippen molar-refractivity contribution in [2.75, 3.05) is 0 Å². The van der Waals surface area contributed by atoms with Gasteiger partial charge in [-0.2, -0.15) is 0 Å². The van der Waals surface area contributed by atoms with E-state index >= 15 is 0 Å². The van der Waals surface area contributed by atoms with E-state index < -0.39 is 0 Å². The van der Waals surface area contributed by atoms with Crippen molar-refractivity contribution in [2.45, 2.75) is 6.42 Å². The van der Waals surface area contributed by atoms with Gasteiger partial charge in [0.05, 0.1) is 5.84 Å². The van der Waals surface area contributed by atoms with E-state index in [1.54, 1.807) is 0 Å². The lowest BCUT2D eigenvalue weighted by atomic mass is 9.97. The zero-order chi connectivity index (χ0) is 12.3. The molecule has 2 rings (SSSR count). The lowest BCUT2D eigenvalue weighted by molar-refractivity contribution is 1.23. The molecular weight excluding hydrogens is 276 g/mol. The quantitative estimate of drug-likeness (QED) is 0.658. The Labute approximate surface area is 109 Å². The Morgan fingerprint density at radius 3 is 2.41 bits per heavy atom. The SMILES string of the molecule is N=C(N)Cc1c(Br)cccc1-c1ccccc1. The van der Waals surface area contributed by atoms with Crippen LogP contribution in [0.4, 0.5) is 0 Å². The van der Waals surface area contributed by atoms with Crippen molar-refractivity contribution in [3.05, 3.63) is 58.6 Å². The molecule has 2 nitrogen and oxygen atoms in total. The zero-order valence-corrected chi connectivity index (χ0v) is 10.9. The standard InChI is InChI=1S/C14H13BrN2/c15-13-8-4-7-11(12(13)9-14(16)17)10-5-2-1-3-6-10/h1-8H,9H2,(H3,16,17). The van der Waals surface area contributed by atoms with Crippen LogP contribution in [0.5, 0.6) is 0 Å². The van der Waals surface area contributed by atoms with E-state index in [0.29, 0.717) is 6.42 Å². The van der Waals surface area contributed by atoms with Gasteiger partial charge in [-0.1, -0.05) is 58.4 Å². The molecule has 0 saturated heterocycles. The second kappa shape index (κ2) is 5.15. The first-order valence-electron chi connectivity index (χ1n) is 5.34. The summed E-state index contributed by atoms with van der Waals surface area (Å²) in [7, 11) is 0. The summed E-state index contributed by atoms with van der Waals surface area (Å²) in [5, 5.41) is 7.44. The molecule has 2 aromatic rings. The van der Waals surface area contributed by atoms with Crippen LogP contribution in [0, 0.1) is 5.41 Å². The molecular formula is C14H13BrN2. The summed E-state index contributed by atoms with van der Waals surface area (Å²) in [6.45, 7) is 0. The molecule has 17 heavy (non-hydrogen) atoms. The van der Waals surface area contributed by atoms with E-state index in [2.05, 4.69) is 34.1 Å². The minimum absolute atomic E-state index is 0.175. The van der Waals surface area contributed by atoms with E-state index in [0.717, 1.165) is 21.2 Å². The Morgan fingerprint density at radius 2 is 1.76 bits per heavy atom. The maximum atomic E-state index is 7.44. The summed E-state index contributed by atoms with van der Waals surface area (Å²) in [4.78, 5) is 0. The third kappa shape index (κ3) is 2.74. The molecule has 0 spiro atoms. The maximum Gasteiger partial charge on any atom is 0.0950 e. The minimum atomic E-state index is 0.175. The highest BCUT2D eigenvalue weighted by molar-refractivity contribution is 9.10. The van der Waals surface area contributed by atoms with Crippen LogP contribution in [0.25, 0.3) is 11.1 Å². The second-order valence-electron chi connectivity index (χ2n) is 3.83. The van der Waals surface area contributed by atoms with Crippen LogP contribution >= 0.6 is 15.9 Å². The Balaban J connectivity index is 2.54. The number of halogens is 1. The van der Waals surface area contributed by atoms with E-state index in [4.69, 9.17) is 11.1 Å². The Morgan fingerprint density at radius 1 is 1.06 bits per heavy atom. The van der Waals surface area contributed by atoms with Gasteiger partial charge in [0.2, 0.25) is 0 Å². The molecule has 2 aromatic carbocycles. The number of amidine groups is 1. The van der Waals surface area contributed by atoms with Gasteiger partial charge in [0.15, 0.2) is 0 Å². The van der Waals surface area contributed by atoms with Gasteiger partial charge in [-0.25, -0.2) is 0 Å². The van der Waals surface area contributed by atoms with Crippen LogP contribution in [-0.2, 0) is 6.42 Å². The lowest BCUT2D eigenvalue weighted by Gasteiger charge is -2.11. The number of hydrogen-bond acceptors (Lipinski definition) is 1. The predicted molar refractivity (Wildman–Crippen MR) is 75.2 cm³/mol. The normalized spacial score (nSPS) is 10.2. The second-order valence-corrected chi connectivity index (χ2v) is 4.69. The fraction of sp³-hybridized carbons (Fsp3) is 0.0714. The highest BCUT2D eigenvalue weighted by Gasteiger charge is 2.09. The van der Waals surface area contributed by atoms with E-state index in [-0.39, 0.29) is 5.84 Å². The maximum absolute atomic E-state index is 7.44. The van der Waals surface area contributed by atoms with Crippen LogP contribution in [0.15, 0.2) is 53.0 Å². The molecule has 0 bridgehead atoms. The number of hydrogen-bond donors (Lipinski definition) is 2. The molecule has 0 radical (unpaired) electrons. The van der Waals surface area contributed by atoms with Crippen LogP contribution in [-0.4, -0.2) is 5.84 Å². The number of rotatable bonds is 3. The smallest absolute Gasteiger partial charge is 0.0950 e. The number of benzene rings is 2. The first-order chi connectivity index (χ1) is 8.18. The molecule has 0 unspecified atom stereocenters. The Hall–Kier alpha value is -1.61. The number of nitrogens with two attached hydrogens (primary N) is 1. The van der Waals surface area contributed by atoms with Gasteiger partial charge in [-0.15, -0.1) is 0 Å². The van der Waals surface area contributed by atoms with Crippen LogP contribution in [0.2, 0.25) is 0 Å². The molecule has 0 aliphatic rings. The fourth-order valence-electron chi connectivity index (χ4n) is 1.82. The van der Waals surface area contributed by atoms with Crippen molar-refractivity contribution in [3.63, 3.8) is 0 Å². The third-order valence-corrected chi connectivity index (χ3v) is 3.31. The highest BCUT2D eigenvalue weighted by atomic mass is 79.9. The molecule has 0 heterocycles. The molecule has 0 aliphatic carbocycles. The molecule has 0 atom stereocenters. The van der Waals surface area contributed by atoms with Gasteiger partial charge in [0, 0.05) is 10.9 Å². The summed E-state index contributed by atoms with van der Waals surface area (Å²) in [6, 6.07) is 16.2. The third-order valence-electron chi connectivity index (χ3n) is 2.57. The van der Waals surface area contributed by atoms with Crippen molar-refractivity contribution in [1.29, 1.82) is 5.41 Å². The monoisotopic (exact) mass is 288 g/mol. The average Bonchev–Trinajstić information content (AvgIpc) is 2.32. The van der Waals surface area contributed by atoms with Gasteiger partial charge >= 0.3 is 0 Å². The first kappa shape index (κ1) is 11.9. The predicted octanol–water partition coefficient (Wildman–Crippen LogP) is 3.59. The fourth-order valence-corrected chi connectivity index (χ4v) is 2.32. The molecule has 3 heteroatoms. The highest BCUT2D eigenvalue weighted by Crippen LogP contribution is 2.29. The van der Waals surface area contributed by atoms with Crippen molar-refractivity contribution < 1.29 is 0 Å². The topological polar surface area (TPSA) is 49.9 Å². The largest absolute Gasteiger partial charge is 0.387 e. The van der Waals surface area contributed by atoms with Gasteiger partial charge in [-0.05, 0) is 22.8 Å². The van der Waals surface area contributed by atoms with Crippen LogP contribution in [0.1, 0.15) is 5.56 Å². The van der Waals surface area contributed by atoms with Crippen molar-refractivity contribution in [2.24, 2.45) is 5.73 Å². The summed E-state index contributed by atoms with van der Waals surface area (Å²) in [6.07, 6.45) is 0.464. The zero-order valence-electron chi connectivity index (χ0n) is 9.28. The molecule has 0 aromatic heterocycles. The molecule has 3 N–H and O–H groups in total. The van der Waals surface area contributed by atoms with Crippen LogP contribution in [0.3, 0.4) is 0 Å². The van der Waals surface area contributed by atoms with Gasteiger partial charge in [0.1, 0.15) is 0 Å². The molecule has 0 fully saturated rings. The van der Waals surface area contributed by atoms with E-state index in [9.17, 15) is 0 Å². The van der Waals surface area contributed by atoms with Gasteiger partial charge < -0.3 is 5.73 Å². The van der Waals surface area contributed by atoms with Crippen LogP contribution < -0.4 is 5.73 Å². The Kier molecular flexibility index (Phi) is 3.59. The van der Waals surface area contributed by atoms with Gasteiger partial charge in [0.25, 0.3) is 0 Å². The summed E-state index contributed by atoms with van der Waals surface area (Å²) in [5.74, 6) is 0.175. The average molecular weight is 289 g/mol. The van der Waals surface area contributed by atoms with Crippen molar-refractivity contribution >= 4 is 21.8 Å². The van der Waals surface area contributed by atoms with Crippen molar-refractivity contribution in [1.82, 2.24) is 0 Å².